The van der Waals surface area contributed by atoms with Crippen molar-refractivity contribution < 1.29 is 8.78 Å². The lowest BCUT2D eigenvalue weighted by Crippen LogP contribution is -1.99. The topological polar surface area (TPSA) is 0 Å². The van der Waals surface area contributed by atoms with Gasteiger partial charge in [-0.15, -0.1) is 0 Å². The molecular weight excluding hydrogens is 446 g/mol. The first-order valence-electron chi connectivity index (χ1n) is 12.8. The molecule has 0 fully saturated rings. The summed E-state index contributed by atoms with van der Waals surface area (Å²) < 4.78 is 29.1. The molecule has 4 aromatic rings. The molecule has 4 aromatic carbocycles. The molecule has 4 rings (SSSR count). The molecule has 0 aliphatic carbocycles. The zero-order valence-corrected chi connectivity index (χ0v) is 21.2. The van der Waals surface area contributed by atoms with Crippen molar-refractivity contribution >= 4 is 0 Å². The Kier molecular flexibility index (Phi) is 8.84. The number of aryl methyl sites for hydroxylation is 2. The number of allylic oxidation sites excluding steroid dienone is 2. The lowest BCUT2D eigenvalue weighted by molar-refractivity contribution is 0.556. The van der Waals surface area contributed by atoms with Crippen molar-refractivity contribution in [2.45, 2.75) is 51.9 Å². The van der Waals surface area contributed by atoms with Gasteiger partial charge < -0.3 is 0 Å². The van der Waals surface area contributed by atoms with Gasteiger partial charge >= 0.3 is 0 Å². The van der Waals surface area contributed by atoms with Crippen molar-refractivity contribution in [1.82, 2.24) is 0 Å². The number of hydrogen-bond donors (Lipinski definition) is 0. The van der Waals surface area contributed by atoms with Crippen LogP contribution in [0.3, 0.4) is 0 Å². The summed E-state index contributed by atoms with van der Waals surface area (Å²) in [5.41, 5.74) is 6.81. The van der Waals surface area contributed by atoms with Crippen LogP contribution in [0, 0.1) is 11.6 Å². The lowest BCUT2D eigenvalue weighted by Gasteiger charge is -2.12. The maximum absolute atomic E-state index is 14.5. The Balaban J connectivity index is 1.33. The Morgan fingerprint density at radius 1 is 0.667 bits per heavy atom. The molecule has 0 saturated heterocycles. The zero-order valence-electron chi connectivity index (χ0n) is 21.2. The zero-order chi connectivity index (χ0) is 25.3. The van der Waals surface area contributed by atoms with Gasteiger partial charge in [-0.3, -0.25) is 0 Å². The molecule has 0 unspecified atom stereocenters. The van der Waals surface area contributed by atoms with Crippen LogP contribution in [0.5, 0.6) is 0 Å². The lowest BCUT2D eigenvalue weighted by atomic mass is 9.93. The van der Waals surface area contributed by atoms with E-state index in [0.717, 1.165) is 24.8 Å². The van der Waals surface area contributed by atoms with E-state index in [2.05, 4.69) is 73.7 Å². The maximum Gasteiger partial charge on any atom is 0.129 e. The fourth-order valence-corrected chi connectivity index (χ4v) is 4.65. The van der Waals surface area contributed by atoms with Crippen LogP contribution < -0.4 is 0 Å². The van der Waals surface area contributed by atoms with Gasteiger partial charge in [0.15, 0.2) is 0 Å². The van der Waals surface area contributed by atoms with Gasteiger partial charge in [0.05, 0.1) is 0 Å². The van der Waals surface area contributed by atoms with E-state index in [4.69, 9.17) is 0 Å². The summed E-state index contributed by atoms with van der Waals surface area (Å²) in [5.74, 6) is -0.452. The summed E-state index contributed by atoms with van der Waals surface area (Å²) in [4.78, 5) is 0. The minimum atomic E-state index is -0.472. The summed E-state index contributed by atoms with van der Waals surface area (Å²) in [5, 5.41) is 0. The fraction of sp³-hybridized carbons (Fsp3) is 0.235. The summed E-state index contributed by atoms with van der Waals surface area (Å²) in [6.45, 7) is 4.18. The van der Waals surface area contributed by atoms with Gasteiger partial charge in [0, 0.05) is 5.56 Å². The summed E-state index contributed by atoms with van der Waals surface area (Å²) >= 11 is 0. The third-order valence-corrected chi connectivity index (χ3v) is 6.86. The number of hydrogen-bond acceptors (Lipinski definition) is 0. The van der Waals surface area contributed by atoms with Gasteiger partial charge in [-0.1, -0.05) is 97.9 Å². The molecule has 0 aliphatic rings. The van der Waals surface area contributed by atoms with Gasteiger partial charge in [0.1, 0.15) is 11.6 Å². The fourth-order valence-electron chi connectivity index (χ4n) is 4.65. The van der Waals surface area contributed by atoms with Crippen molar-refractivity contribution in [2.75, 3.05) is 0 Å². The highest BCUT2D eigenvalue weighted by molar-refractivity contribution is 5.64. The molecule has 0 radical (unpaired) electrons. The Morgan fingerprint density at radius 2 is 1.22 bits per heavy atom. The Labute approximate surface area is 214 Å². The maximum atomic E-state index is 14.5. The van der Waals surface area contributed by atoms with Gasteiger partial charge in [0.25, 0.3) is 0 Å². The van der Waals surface area contributed by atoms with Crippen molar-refractivity contribution in [2.24, 2.45) is 0 Å². The van der Waals surface area contributed by atoms with Gasteiger partial charge in [-0.05, 0) is 90.5 Å². The molecule has 0 amide bonds. The second-order valence-corrected chi connectivity index (χ2v) is 9.56. The quantitative estimate of drug-likeness (QED) is 0.198. The number of rotatable bonds is 10. The SMILES string of the molecule is CC=CCCc1c(F)cc(-c2ccc(CCc3ccc(C[C@@H](C)c4ccccc4)cc3)cc2)cc1F. The van der Waals surface area contributed by atoms with Crippen molar-refractivity contribution in [1.29, 1.82) is 0 Å². The van der Waals surface area contributed by atoms with Crippen molar-refractivity contribution in [3.63, 3.8) is 0 Å². The monoisotopic (exact) mass is 480 g/mol. The molecule has 1 atom stereocenters. The molecule has 0 spiro atoms. The first-order chi connectivity index (χ1) is 17.5. The molecule has 0 aromatic heterocycles. The molecular formula is C34H34F2. The van der Waals surface area contributed by atoms with Crippen molar-refractivity contribution in [3.8, 4) is 11.1 Å². The predicted molar refractivity (Wildman–Crippen MR) is 147 cm³/mol. The van der Waals surface area contributed by atoms with E-state index >= 15 is 0 Å². The van der Waals surface area contributed by atoms with E-state index in [1.807, 2.05) is 31.2 Å². The van der Waals surface area contributed by atoms with Crippen LogP contribution in [0.25, 0.3) is 11.1 Å². The second kappa shape index (κ2) is 12.4. The van der Waals surface area contributed by atoms with Crippen LogP contribution in [0.15, 0.2) is 103 Å². The molecule has 0 nitrogen and oxygen atoms in total. The summed E-state index contributed by atoms with van der Waals surface area (Å²) in [6, 6.07) is 30.5. The second-order valence-electron chi connectivity index (χ2n) is 9.56. The highest BCUT2D eigenvalue weighted by Gasteiger charge is 2.12. The Bertz CT molecular complexity index is 1250. The molecule has 0 N–H and O–H groups in total. The highest BCUT2D eigenvalue weighted by atomic mass is 19.1. The molecule has 2 heteroatoms. The number of benzene rings is 4. The molecule has 0 aliphatic heterocycles. The van der Waals surface area contributed by atoms with Crippen LogP contribution >= 0.6 is 0 Å². The minimum Gasteiger partial charge on any atom is -0.207 e. The van der Waals surface area contributed by atoms with Gasteiger partial charge in [0.2, 0.25) is 0 Å². The third-order valence-electron chi connectivity index (χ3n) is 6.86. The van der Waals surface area contributed by atoms with Crippen LogP contribution in [-0.4, -0.2) is 0 Å². The minimum absolute atomic E-state index is 0.161. The smallest absolute Gasteiger partial charge is 0.129 e. The largest absolute Gasteiger partial charge is 0.207 e. The molecule has 0 bridgehead atoms. The van der Waals surface area contributed by atoms with E-state index in [9.17, 15) is 8.78 Å². The predicted octanol–water partition coefficient (Wildman–Crippen LogP) is 9.27. The highest BCUT2D eigenvalue weighted by Crippen LogP contribution is 2.26. The van der Waals surface area contributed by atoms with Crippen LogP contribution in [-0.2, 0) is 25.7 Å². The third kappa shape index (κ3) is 6.79. The van der Waals surface area contributed by atoms with E-state index in [-0.39, 0.29) is 5.56 Å². The molecule has 36 heavy (non-hydrogen) atoms. The van der Waals surface area contributed by atoms with E-state index in [0.29, 0.717) is 24.3 Å². The molecule has 0 heterocycles. The van der Waals surface area contributed by atoms with Crippen LogP contribution in [0.1, 0.15) is 54.0 Å². The normalized spacial score (nSPS) is 12.2. The standard InChI is InChI=1S/C34H34F2/c1-3-4-6-11-32-33(35)23-31(24-34(32)36)30-20-18-27(19-21-30)13-12-26-14-16-28(17-15-26)22-25(2)29-9-7-5-8-10-29/h3-5,7-10,14-21,23-25H,6,11-13,22H2,1-2H3/t25-/m1/s1. The summed E-state index contributed by atoms with van der Waals surface area (Å²) in [6.07, 6.45) is 7.73. The van der Waals surface area contributed by atoms with Crippen molar-refractivity contribution in [3.05, 3.63) is 143 Å². The number of halogens is 2. The molecule has 184 valence electrons. The first-order valence-corrected chi connectivity index (χ1v) is 12.8. The van der Waals surface area contributed by atoms with Gasteiger partial charge in [-0.2, -0.15) is 0 Å². The summed E-state index contributed by atoms with van der Waals surface area (Å²) in [7, 11) is 0. The Hall–Kier alpha value is -3.52. The average Bonchev–Trinajstić information content (AvgIpc) is 2.90. The van der Waals surface area contributed by atoms with Gasteiger partial charge in [-0.25, -0.2) is 8.78 Å². The Morgan fingerprint density at radius 3 is 1.81 bits per heavy atom. The molecule has 0 saturated carbocycles. The van der Waals surface area contributed by atoms with E-state index in [1.165, 1.54) is 34.4 Å². The van der Waals surface area contributed by atoms with Crippen LogP contribution in [0.2, 0.25) is 0 Å². The van der Waals surface area contributed by atoms with E-state index < -0.39 is 11.6 Å². The van der Waals surface area contributed by atoms with Crippen LogP contribution in [0.4, 0.5) is 8.78 Å². The van der Waals surface area contributed by atoms with E-state index in [1.54, 1.807) is 0 Å². The first kappa shape index (κ1) is 25.6. The average molecular weight is 481 g/mol.